The summed E-state index contributed by atoms with van der Waals surface area (Å²) in [5.74, 6) is -0.397. The monoisotopic (exact) mass is 474 g/mol. The summed E-state index contributed by atoms with van der Waals surface area (Å²) in [5.41, 5.74) is 5.23. The molecule has 2 heterocycles. The van der Waals surface area contributed by atoms with E-state index in [0.717, 1.165) is 22.3 Å². The Morgan fingerprint density at radius 2 is 1.83 bits per heavy atom. The number of amides is 4. The van der Waals surface area contributed by atoms with E-state index in [1.807, 2.05) is 77.1 Å². The molecule has 0 bridgehead atoms. The van der Waals surface area contributed by atoms with Crippen LogP contribution in [0.5, 0.6) is 0 Å². The van der Waals surface area contributed by atoms with Gasteiger partial charge in [0.15, 0.2) is 0 Å². The fourth-order valence-corrected chi connectivity index (χ4v) is 5.04. The molecule has 7 nitrogen and oxygen atoms in total. The second kappa shape index (κ2) is 9.94. The molecule has 2 aliphatic heterocycles. The lowest BCUT2D eigenvalue weighted by Crippen LogP contribution is -2.51. The summed E-state index contributed by atoms with van der Waals surface area (Å²) in [7, 11) is 0. The minimum Gasteiger partial charge on any atom is -0.352 e. The zero-order valence-electron chi connectivity index (χ0n) is 21.1. The van der Waals surface area contributed by atoms with Gasteiger partial charge in [0, 0.05) is 19.0 Å². The standard InChI is InChI=1S/C28H34N4O3/c1-6-31-23-16-32(22(26(33)29-17(2)3)15-20-10-8-7-9-11-20)27(34)24(23)25(30-28(31)35)21-13-12-18(4)14-19(21)5/h7-14,17,22,25H,6,15-16H2,1-5H3,(H,29,33)(H,30,35). The molecule has 2 aromatic rings. The lowest BCUT2D eigenvalue weighted by molar-refractivity contribution is -0.136. The topological polar surface area (TPSA) is 81.8 Å². The average molecular weight is 475 g/mol. The van der Waals surface area contributed by atoms with Gasteiger partial charge in [-0.25, -0.2) is 4.79 Å². The molecule has 0 fully saturated rings. The Morgan fingerprint density at radius 1 is 1.11 bits per heavy atom. The van der Waals surface area contributed by atoms with Gasteiger partial charge in [-0.2, -0.15) is 0 Å². The Labute approximate surface area is 207 Å². The van der Waals surface area contributed by atoms with Gasteiger partial charge in [0.25, 0.3) is 5.91 Å². The van der Waals surface area contributed by atoms with Gasteiger partial charge in [-0.05, 0) is 51.3 Å². The van der Waals surface area contributed by atoms with Gasteiger partial charge in [0.2, 0.25) is 5.91 Å². The normalized spacial score (nSPS) is 18.6. The molecule has 0 aromatic heterocycles. The number of carbonyl (C=O) groups excluding carboxylic acids is 3. The van der Waals surface area contributed by atoms with Gasteiger partial charge in [-0.3, -0.25) is 14.5 Å². The summed E-state index contributed by atoms with van der Waals surface area (Å²) < 4.78 is 0. The molecule has 0 saturated carbocycles. The summed E-state index contributed by atoms with van der Waals surface area (Å²) in [5, 5.41) is 6.03. The van der Waals surface area contributed by atoms with Crippen molar-refractivity contribution in [2.45, 2.75) is 59.2 Å². The number of urea groups is 1. The van der Waals surface area contributed by atoms with Crippen LogP contribution in [0.4, 0.5) is 4.79 Å². The fraction of sp³-hybridized carbons (Fsp3) is 0.393. The zero-order chi connectivity index (χ0) is 25.3. The quantitative estimate of drug-likeness (QED) is 0.643. The predicted octanol–water partition coefficient (Wildman–Crippen LogP) is 3.62. The molecule has 2 unspecified atom stereocenters. The van der Waals surface area contributed by atoms with Gasteiger partial charge >= 0.3 is 6.03 Å². The smallest absolute Gasteiger partial charge is 0.322 e. The molecule has 0 saturated heterocycles. The highest BCUT2D eigenvalue weighted by Crippen LogP contribution is 2.38. The van der Waals surface area contributed by atoms with Crippen molar-refractivity contribution in [3.05, 3.63) is 82.1 Å². The number of nitrogens with zero attached hydrogens (tertiary/aromatic N) is 2. The Balaban J connectivity index is 1.74. The molecule has 4 amide bonds. The van der Waals surface area contributed by atoms with Crippen LogP contribution in [0.2, 0.25) is 0 Å². The van der Waals surface area contributed by atoms with Crippen LogP contribution in [0, 0.1) is 13.8 Å². The first-order valence-electron chi connectivity index (χ1n) is 12.2. The van der Waals surface area contributed by atoms with Gasteiger partial charge in [-0.15, -0.1) is 0 Å². The SMILES string of the molecule is CCN1C(=O)NC(c2ccc(C)cc2C)C2=C1CN(C(Cc1ccccc1)C(=O)NC(C)C)C2=O. The van der Waals surface area contributed by atoms with E-state index in [0.29, 0.717) is 24.2 Å². The number of nitrogens with one attached hydrogen (secondary N) is 2. The maximum atomic E-state index is 14.0. The highest BCUT2D eigenvalue weighted by molar-refractivity contribution is 6.03. The van der Waals surface area contributed by atoms with Gasteiger partial charge < -0.3 is 15.5 Å². The van der Waals surface area contributed by atoms with Crippen LogP contribution in [-0.2, 0) is 16.0 Å². The molecule has 35 heavy (non-hydrogen) atoms. The minimum absolute atomic E-state index is 0.0561. The van der Waals surface area contributed by atoms with E-state index in [4.69, 9.17) is 0 Å². The third kappa shape index (κ3) is 4.81. The molecule has 0 spiro atoms. The minimum atomic E-state index is -0.688. The van der Waals surface area contributed by atoms with Gasteiger partial charge in [0.1, 0.15) is 6.04 Å². The predicted molar refractivity (Wildman–Crippen MR) is 136 cm³/mol. The molecular weight excluding hydrogens is 440 g/mol. The Hall–Kier alpha value is -3.61. The van der Waals surface area contributed by atoms with E-state index in [1.54, 1.807) is 9.80 Å². The largest absolute Gasteiger partial charge is 0.352 e. The van der Waals surface area contributed by atoms with Crippen molar-refractivity contribution in [2.24, 2.45) is 0 Å². The molecule has 7 heteroatoms. The number of hydrogen-bond donors (Lipinski definition) is 2. The molecule has 0 aliphatic carbocycles. The van der Waals surface area contributed by atoms with Crippen LogP contribution >= 0.6 is 0 Å². The van der Waals surface area contributed by atoms with Crippen molar-refractivity contribution >= 4 is 17.8 Å². The number of likely N-dealkylation sites (N-methyl/N-ethyl adjacent to an activating group) is 1. The average Bonchev–Trinajstić information content (AvgIpc) is 3.14. The number of hydrogen-bond acceptors (Lipinski definition) is 3. The van der Waals surface area contributed by atoms with Crippen LogP contribution in [0.3, 0.4) is 0 Å². The number of benzene rings is 2. The first-order chi connectivity index (χ1) is 16.7. The summed E-state index contributed by atoms with van der Waals surface area (Å²) >= 11 is 0. The first-order valence-corrected chi connectivity index (χ1v) is 12.2. The highest BCUT2D eigenvalue weighted by Gasteiger charge is 2.47. The van der Waals surface area contributed by atoms with Crippen LogP contribution in [-0.4, -0.2) is 52.8 Å². The third-order valence-corrected chi connectivity index (χ3v) is 6.68. The van der Waals surface area contributed by atoms with Crippen molar-refractivity contribution in [2.75, 3.05) is 13.1 Å². The summed E-state index contributed by atoms with van der Waals surface area (Å²) in [4.78, 5) is 43.6. The lowest BCUT2D eigenvalue weighted by atomic mass is 9.91. The second-order valence-electron chi connectivity index (χ2n) is 9.65. The molecule has 4 rings (SSSR count). The lowest BCUT2D eigenvalue weighted by Gasteiger charge is -2.33. The van der Waals surface area contributed by atoms with Crippen LogP contribution in [0.25, 0.3) is 0 Å². The highest BCUT2D eigenvalue weighted by atomic mass is 16.2. The van der Waals surface area contributed by atoms with Crippen LogP contribution in [0.15, 0.2) is 59.8 Å². The van der Waals surface area contributed by atoms with Crippen LogP contribution in [0.1, 0.15) is 49.1 Å². The number of rotatable bonds is 7. The first kappa shape index (κ1) is 24.5. The maximum absolute atomic E-state index is 14.0. The summed E-state index contributed by atoms with van der Waals surface area (Å²) in [6.45, 7) is 10.4. The molecule has 184 valence electrons. The van der Waals surface area contributed by atoms with E-state index in [-0.39, 0.29) is 30.4 Å². The number of carbonyl (C=O) groups is 3. The van der Waals surface area contributed by atoms with E-state index < -0.39 is 12.1 Å². The van der Waals surface area contributed by atoms with Crippen LogP contribution < -0.4 is 10.6 Å². The zero-order valence-corrected chi connectivity index (χ0v) is 21.1. The van der Waals surface area contributed by atoms with Crippen molar-refractivity contribution < 1.29 is 14.4 Å². The van der Waals surface area contributed by atoms with Crippen molar-refractivity contribution in [1.82, 2.24) is 20.4 Å². The Morgan fingerprint density at radius 3 is 2.46 bits per heavy atom. The van der Waals surface area contributed by atoms with Crippen molar-refractivity contribution in [3.63, 3.8) is 0 Å². The van der Waals surface area contributed by atoms with E-state index in [2.05, 4.69) is 16.7 Å². The van der Waals surface area contributed by atoms with E-state index >= 15 is 0 Å². The molecule has 2 atom stereocenters. The molecular formula is C28H34N4O3. The third-order valence-electron chi connectivity index (χ3n) is 6.68. The molecule has 2 aliphatic rings. The Bertz CT molecular complexity index is 1170. The molecule has 2 N–H and O–H groups in total. The molecule has 2 aromatic carbocycles. The van der Waals surface area contributed by atoms with Crippen molar-refractivity contribution in [3.8, 4) is 0 Å². The summed E-state index contributed by atoms with van der Waals surface area (Å²) in [6, 6.07) is 14.2. The Kier molecular flexibility index (Phi) is 6.96. The van der Waals surface area contributed by atoms with Gasteiger partial charge in [0.05, 0.1) is 23.9 Å². The van der Waals surface area contributed by atoms with E-state index in [1.165, 1.54) is 0 Å². The second-order valence-corrected chi connectivity index (χ2v) is 9.65. The summed E-state index contributed by atoms with van der Waals surface area (Å²) in [6.07, 6.45) is 0.396. The number of aryl methyl sites for hydroxylation is 2. The van der Waals surface area contributed by atoms with E-state index in [9.17, 15) is 14.4 Å². The van der Waals surface area contributed by atoms with Gasteiger partial charge in [-0.1, -0.05) is 54.1 Å². The maximum Gasteiger partial charge on any atom is 0.322 e. The van der Waals surface area contributed by atoms with Crippen molar-refractivity contribution in [1.29, 1.82) is 0 Å². The fourth-order valence-electron chi connectivity index (χ4n) is 5.04. The molecule has 0 radical (unpaired) electrons.